The zero-order chi connectivity index (χ0) is 23.2. The van der Waals surface area contributed by atoms with E-state index in [1.807, 2.05) is 18.0 Å². The molecule has 0 spiro atoms. The molecule has 0 aliphatic carbocycles. The summed E-state index contributed by atoms with van der Waals surface area (Å²) < 4.78 is 30.2. The van der Waals surface area contributed by atoms with Gasteiger partial charge in [0.15, 0.2) is 15.7 Å². The Kier molecular flexibility index (Phi) is 5.55. The average molecular weight is 475 g/mol. The molecule has 2 atom stereocenters. The molecule has 3 aliphatic heterocycles. The second-order valence-corrected chi connectivity index (χ2v) is 10.9. The Morgan fingerprint density at radius 3 is 2.61 bits per heavy atom. The van der Waals surface area contributed by atoms with E-state index in [2.05, 4.69) is 15.2 Å². The molecule has 33 heavy (non-hydrogen) atoms. The van der Waals surface area contributed by atoms with Gasteiger partial charge < -0.3 is 19.6 Å². The molecule has 3 aliphatic rings. The Bertz CT molecular complexity index is 1200. The second kappa shape index (κ2) is 8.28. The van der Waals surface area contributed by atoms with Gasteiger partial charge in [0.2, 0.25) is 11.6 Å². The van der Waals surface area contributed by atoms with Crippen molar-refractivity contribution in [1.29, 1.82) is 0 Å². The highest BCUT2D eigenvalue weighted by atomic mass is 32.2. The van der Waals surface area contributed by atoms with Crippen LogP contribution in [-0.4, -0.2) is 82.3 Å². The minimum absolute atomic E-state index is 0.0227. The molecule has 12 heteroatoms. The first kappa shape index (κ1) is 22.1. The van der Waals surface area contributed by atoms with Crippen molar-refractivity contribution >= 4 is 33.1 Å². The number of aliphatic hydroxyl groups is 1. The maximum Gasteiger partial charge on any atom is 0.291 e. The van der Waals surface area contributed by atoms with Gasteiger partial charge >= 0.3 is 0 Å². The maximum atomic E-state index is 12.4. The Hall–Kier alpha value is -2.67. The molecule has 2 aromatic rings. The standard InChI is InChI=1S/C21H28N7O4S/c1-28(14-15-5-3-4-6-17(15)33(2,30)31)20-18(24-25-28)19(27-8-7-16(29)13-27)22-21(23-20)26-9-11-32-12-10-26/h3-6,16,29H,7-14H2,1-2H3/q+1/t16?,28-/m1/s1. The summed E-state index contributed by atoms with van der Waals surface area (Å²) in [5.41, 5.74) is 1.22. The van der Waals surface area contributed by atoms with E-state index in [0.717, 1.165) is 0 Å². The third kappa shape index (κ3) is 4.19. The van der Waals surface area contributed by atoms with Gasteiger partial charge in [0.25, 0.3) is 5.82 Å². The topological polar surface area (TPSA) is 121 Å². The third-order valence-electron chi connectivity index (χ3n) is 6.24. The largest absolute Gasteiger partial charge is 0.391 e. The Labute approximate surface area is 192 Å². The zero-order valence-corrected chi connectivity index (χ0v) is 19.6. The number of benzene rings is 1. The van der Waals surface area contributed by atoms with Crippen LogP contribution in [0, 0.1) is 0 Å². The van der Waals surface area contributed by atoms with Gasteiger partial charge in [-0.05, 0) is 12.5 Å². The first-order chi connectivity index (χ1) is 15.7. The maximum absolute atomic E-state index is 12.4. The van der Waals surface area contributed by atoms with Gasteiger partial charge in [-0.25, -0.2) is 8.42 Å². The molecule has 176 valence electrons. The molecule has 5 rings (SSSR count). The smallest absolute Gasteiger partial charge is 0.291 e. The van der Waals surface area contributed by atoms with Crippen molar-refractivity contribution in [3.63, 3.8) is 0 Å². The average Bonchev–Trinajstić information content (AvgIpc) is 3.37. The van der Waals surface area contributed by atoms with E-state index in [1.165, 1.54) is 6.26 Å². The van der Waals surface area contributed by atoms with Crippen molar-refractivity contribution in [3.05, 3.63) is 29.8 Å². The highest BCUT2D eigenvalue weighted by molar-refractivity contribution is 7.90. The van der Waals surface area contributed by atoms with Gasteiger partial charge in [-0.2, -0.15) is 9.97 Å². The van der Waals surface area contributed by atoms with Gasteiger partial charge in [-0.15, -0.1) is 4.59 Å². The molecule has 2 fully saturated rings. The van der Waals surface area contributed by atoms with E-state index in [-0.39, 0.29) is 16.0 Å². The van der Waals surface area contributed by atoms with E-state index < -0.39 is 15.9 Å². The lowest BCUT2D eigenvalue weighted by molar-refractivity contribution is 0.122. The second-order valence-electron chi connectivity index (χ2n) is 8.87. The molecular weight excluding hydrogens is 446 g/mol. The van der Waals surface area contributed by atoms with Crippen molar-refractivity contribution in [2.45, 2.75) is 24.0 Å². The lowest BCUT2D eigenvalue weighted by Crippen LogP contribution is -2.40. The minimum Gasteiger partial charge on any atom is -0.391 e. The molecule has 1 unspecified atom stereocenters. The Balaban J connectivity index is 1.59. The number of morpholine rings is 1. The van der Waals surface area contributed by atoms with Crippen LogP contribution in [0.2, 0.25) is 0 Å². The summed E-state index contributed by atoms with van der Waals surface area (Å²) in [5.74, 6) is 1.84. The predicted octanol–water partition coefficient (Wildman–Crippen LogP) is 1.44. The monoisotopic (exact) mass is 474 g/mol. The molecule has 0 bridgehead atoms. The van der Waals surface area contributed by atoms with Gasteiger partial charge in [0.05, 0.1) is 24.2 Å². The van der Waals surface area contributed by atoms with Crippen molar-refractivity contribution in [2.75, 3.05) is 62.5 Å². The van der Waals surface area contributed by atoms with Crippen molar-refractivity contribution in [3.8, 4) is 0 Å². The molecular formula is C21H28N7O4S+. The van der Waals surface area contributed by atoms with Crippen molar-refractivity contribution in [1.82, 2.24) is 14.6 Å². The molecule has 0 amide bonds. The summed E-state index contributed by atoms with van der Waals surface area (Å²) in [5, 5.41) is 19.1. The van der Waals surface area contributed by atoms with Crippen LogP contribution in [0.25, 0.3) is 0 Å². The van der Waals surface area contributed by atoms with Crippen LogP contribution in [0.4, 0.5) is 23.3 Å². The SMILES string of the molecule is C[N@+]1(Cc2ccccc2S(C)(=O)=O)N=Nc2c(N3CCC(O)C3)nc(N3CCOCC3)nc21. The lowest BCUT2D eigenvalue weighted by atomic mass is 10.2. The van der Waals surface area contributed by atoms with E-state index in [4.69, 9.17) is 14.7 Å². The summed E-state index contributed by atoms with van der Waals surface area (Å²) in [6.45, 7) is 3.97. The van der Waals surface area contributed by atoms with Crippen LogP contribution in [0.3, 0.4) is 0 Å². The summed E-state index contributed by atoms with van der Waals surface area (Å²) in [7, 11) is -1.54. The highest BCUT2D eigenvalue weighted by Crippen LogP contribution is 2.46. The van der Waals surface area contributed by atoms with Crippen LogP contribution in [0.15, 0.2) is 39.5 Å². The summed E-state index contributed by atoms with van der Waals surface area (Å²) in [6.07, 6.45) is 1.46. The highest BCUT2D eigenvalue weighted by Gasteiger charge is 2.42. The zero-order valence-electron chi connectivity index (χ0n) is 18.8. The van der Waals surface area contributed by atoms with Crippen LogP contribution in [0.5, 0.6) is 0 Å². The fourth-order valence-corrected chi connectivity index (χ4v) is 5.46. The number of anilines is 2. The number of aliphatic hydroxyl groups excluding tert-OH is 1. The summed E-state index contributed by atoms with van der Waals surface area (Å²) >= 11 is 0. The van der Waals surface area contributed by atoms with Crippen molar-refractivity contribution < 1.29 is 18.3 Å². The van der Waals surface area contributed by atoms with E-state index >= 15 is 0 Å². The number of aromatic nitrogens is 2. The normalized spacial score (nSPS) is 25.0. The van der Waals surface area contributed by atoms with Crippen LogP contribution < -0.4 is 14.4 Å². The molecule has 1 aromatic carbocycles. The van der Waals surface area contributed by atoms with Gasteiger partial charge in [0, 0.05) is 43.2 Å². The fraction of sp³-hybridized carbons (Fsp3) is 0.524. The molecule has 0 saturated carbocycles. The molecule has 2 saturated heterocycles. The number of quaternary nitrogens is 1. The van der Waals surface area contributed by atoms with E-state index in [0.29, 0.717) is 74.6 Å². The van der Waals surface area contributed by atoms with Gasteiger partial charge in [-0.1, -0.05) is 23.3 Å². The number of hydrogen-bond acceptors (Lipinski definition) is 10. The number of β-amino-alcohol motifs (C(OH)–C–C–N with tert-alkyl or cyclic N) is 1. The number of hydrogen-bond donors (Lipinski definition) is 1. The number of nitrogens with zero attached hydrogens (tertiary/aromatic N) is 7. The number of rotatable bonds is 5. The summed E-state index contributed by atoms with van der Waals surface area (Å²) in [6, 6.07) is 6.95. The van der Waals surface area contributed by atoms with Crippen LogP contribution >= 0.6 is 0 Å². The number of ether oxygens (including phenoxy) is 1. The first-order valence-corrected chi connectivity index (χ1v) is 12.9. The molecule has 4 heterocycles. The number of sulfone groups is 1. The van der Waals surface area contributed by atoms with Crippen LogP contribution in [-0.2, 0) is 21.1 Å². The third-order valence-corrected chi connectivity index (χ3v) is 7.44. The minimum atomic E-state index is -3.41. The molecule has 1 aromatic heterocycles. The lowest BCUT2D eigenvalue weighted by Gasteiger charge is -2.29. The van der Waals surface area contributed by atoms with Crippen LogP contribution in [0.1, 0.15) is 12.0 Å². The van der Waals surface area contributed by atoms with E-state index in [1.54, 1.807) is 18.2 Å². The van der Waals surface area contributed by atoms with Gasteiger partial charge in [-0.3, -0.25) is 0 Å². The van der Waals surface area contributed by atoms with E-state index in [9.17, 15) is 13.5 Å². The number of fused-ring (bicyclic) bond motifs is 1. The fourth-order valence-electron chi connectivity index (χ4n) is 4.53. The quantitative estimate of drug-likeness (QED) is 0.647. The van der Waals surface area contributed by atoms with Crippen molar-refractivity contribution in [2.24, 2.45) is 10.3 Å². The first-order valence-electron chi connectivity index (χ1n) is 11.0. The summed E-state index contributed by atoms with van der Waals surface area (Å²) in [4.78, 5) is 14.1. The Morgan fingerprint density at radius 1 is 1.15 bits per heavy atom. The molecule has 0 radical (unpaired) electrons. The predicted molar refractivity (Wildman–Crippen MR) is 123 cm³/mol. The van der Waals surface area contributed by atoms with Gasteiger partial charge in [0.1, 0.15) is 13.6 Å². The molecule has 11 nitrogen and oxygen atoms in total. The molecule has 1 N–H and O–H groups in total. The Morgan fingerprint density at radius 2 is 1.91 bits per heavy atom.